The van der Waals surface area contributed by atoms with Crippen molar-refractivity contribution in [2.24, 2.45) is 16.8 Å². The highest BCUT2D eigenvalue weighted by Gasteiger charge is 2.34. The molecule has 1 saturated heterocycles. The van der Waals surface area contributed by atoms with Gasteiger partial charge in [-0.2, -0.15) is 0 Å². The molecule has 0 aromatic heterocycles. The second kappa shape index (κ2) is 10.2. The van der Waals surface area contributed by atoms with E-state index in [1.165, 1.54) is 11.3 Å². The first-order chi connectivity index (χ1) is 13.0. The van der Waals surface area contributed by atoms with Gasteiger partial charge in [0, 0.05) is 33.2 Å². The number of nitrogens with one attached hydrogen (secondary N) is 1. The maximum Gasteiger partial charge on any atom is 0.261 e. The van der Waals surface area contributed by atoms with Crippen LogP contribution in [-0.4, -0.2) is 60.8 Å². The lowest BCUT2D eigenvalue weighted by molar-refractivity contribution is 0.0652. The Hall–Kier alpha value is -1.64. The smallest absolute Gasteiger partial charge is 0.261 e. The fraction of sp³-hybridized carbons (Fsp3) is 0.571. The van der Waals surface area contributed by atoms with E-state index in [9.17, 15) is 9.59 Å². The van der Waals surface area contributed by atoms with Crippen molar-refractivity contribution in [3.8, 4) is 0 Å². The van der Waals surface area contributed by atoms with Gasteiger partial charge in [0.1, 0.15) is 0 Å². The third kappa shape index (κ3) is 5.04. The molecule has 0 aliphatic carbocycles. The van der Waals surface area contributed by atoms with E-state index in [4.69, 9.17) is 0 Å². The Balaban J connectivity index is 0.00000280. The molecule has 2 heterocycles. The SMILES string of the molecule is CN=C(NCCCCN1C(=O)c2ccccc2C1=O)N1CC(C)CC(C)C1.I. The number of fused-ring (bicyclic) bond motifs is 1. The maximum atomic E-state index is 12.4. The van der Waals surface area contributed by atoms with Gasteiger partial charge in [0.2, 0.25) is 0 Å². The summed E-state index contributed by atoms with van der Waals surface area (Å²) in [5.41, 5.74) is 1.05. The Labute approximate surface area is 184 Å². The largest absolute Gasteiger partial charge is 0.356 e. The number of halogens is 1. The summed E-state index contributed by atoms with van der Waals surface area (Å²) in [7, 11) is 1.82. The van der Waals surface area contributed by atoms with Crippen LogP contribution in [0.2, 0.25) is 0 Å². The van der Waals surface area contributed by atoms with Gasteiger partial charge in [-0.05, 0) is 43.2 Å². The molecule has 3 rings (SSSR count). The average Bonchev–Trinajstić information content (AvgIpc) is 2.89. The van der Waals surface area contributed by atoms with Crippen LogP contribution < -0.4 is 5.32 Å². The molecular formula is C21H31IN4O2. The van der Waals surface area contributed by atoms with Crippen LogP contribution in [0.5, 0.6) is 0 Å². The van der Waals surface area contributed by atoms with Crippen LogP contribution in [0, 0.1) is 11.8 Å². The zero-order chi connectivity index (χ0) is 19.4. The number of piperidine rings is 1. The van der Waals surface area contributed by atoms with Gasteiger partial charge in [-0.1, -0.05) is 26.0 Å². The first kappa shape index (κ1) is 22.6. The molecular weight excluding hydrogens is 467 g/mol. The number of aliphatic imine (C=N–C) groups is 1. The quantitative estimate of drug-likeness (QED) is 0.223. The molecule has 0 bridgehead atoms. The molecule has 2 aliphatic rings. The van der Waals surface area contributed by atoms with Gasteiger partial charge in [-0.15, -0.1) is 24.0 Å². The maximum absolute atomic E-state index is 12.4. The molecule has 0 radical (unpaired) electrons. The summed E-state index contributed by atoms with van der Waals surface area (Å²) in [5, 5.41) is 3.43. The number of nitrogens with zero attached hydrogens (tertiary/aromatic N) is 3. The van der Waals surface area contributed by atoms with Crippen molar-refractivity contribution in [2.75, 3.05) is 33.2 Å². The lowest BCUT2D eigenvalue weighted by atomic mass is 9.92. The minimum absolute atomic E-state index is 0. The van der Waals surface area contributed by atoms with E-state index in [2.05, 4.69) is 29.1 Å². The summed E-state index contributed by atoms with van der Waals surface area (Å²) in [4.78, 5) is 32.8. The summed E-state index contributed by atoms with van der Waals surface area (Å²) in [6.07, 6.45) is 2.93. The minimum Gasteiger partial charge on any atom is -0.356 e. The van der Waals surface area contributed by atoms with Crippen LogP contribution in [0.4, 0.5) is 0 Å². The molecule has 28 heavy (non-hydrogen) atoms. The first-order valence-corrected chi connectivity index (χ1v) is 9.92. The standard InChI is InChI=1S/C21H30N4O2.HI/c1-15-12-16(2)14-24(13-15)21(22-3)23-10-6-7-11-25-19(26)17-8-4-5-9-18(17)20(25)27;/h4-5,8-9,15-16H,6-7,10-14H2,1-3H3,(H,22,23);1H. The Morgan fingerprint density at radius 2 is 1.64 bits per heavy atom. The number of amides is 2. The predicted molar refractivity (Wildman–Crippen MR) is 122 cm³/mol. The predicted octanol–water partition coefficient (Wildman–Crippen LogP) is 3.23. The number of guanidine groups is 1. The van der Waals surface area contributed by atoms with Crippen molar-refractivity contribution >= 4 is 41.8 Å². The van der Waals surface area contributed by atoms with Crippen LogP contribution >= 0.6 is 24.0 Å². The van der Waals surface area contributed by atoms with Crippen molar-refractivity contribution in [3.63, 3.8) is 0 Å². The number of carbonyl (C=O) groups excluding carboxylic acids is 2. The fourth-order valence-corrected chi connectivity index (χ4v) is 4.21. The van der Waals surface area contributed by atoms with E-state index < -0.39 is 0 Å². The van der Waals surface area contributed by atoms with Crippen LogP contribution in [0.1, 0.15) is 53.8 Å². The minimum atomic E-state index is -0.171. The lowest BCUT2D eigenvalue weighted by Gasteiger charge is -2.37. The van der Waals surface area contributed by atoms with Gasteiger partial charge in [-0.3, -0.25) is 19.5 Å². The van der Waals surface area contributed by atoms with Crippen molar-refractivity contribution < 1.29 is 9.59 Å². The van der Waals surface area contributed by atoms with Crippen molar-refractivity contribution in [1.29, 1.82) is 0 Å². The summed E-state index contributed by atoms with van der Waals surface area (Å²) in [5.74, 6) is 1.97. The Kier molecular flexibility index (Phi) is 8.27. The van der Waals surface area contributed by atoms with Gasteiger partial charge in [0.05, 0.1) is 11.1 Å². The molecule has 2 unspecified atom stereocenters. The third-order valence-electron chi connectivity index (χ3n) is 5.35. The topological polar surface area (TPSA) is 65.0 Å². The van der Waals surface area contributed by atoms with Crippen molar-refractivity contribution in [3.05, 3.63) is 35.4 Å². The number of benzene rings is 1. The number of hydrogen-bond donors (Lipinski definition) is 1. The molecule has 6 nitrogen and oxygen atoms in total. The molecule has 0 spiro atoms. The van der Waals surface area contributed by atoms with Crippen LogP contribution in [-0.2, 0) is 0 Å². The molecule has 2 aliphatic heterocycles. The van der Waals surface area contributed by atoms with E-state index in [0.29, 0.717) is 29.5 Å². The van der Waals surface area contributed by atoms with Crippen molar-refractivity contribution in [2.45, 2.75) is 33.1 Å². The number of hydrogen-bond acceptors (Lipinski definition) is 3. The van der Waals surface area contributed by atoms with E-state index in [0.717, 1.165) is 38.4 Å². The van der Waals surface area contributed by atoms with E-state index >= 15 is 0 Å². The normalized spacial score (nSPS) is 22.2. The molecule has 7 heteroatoms. The molecule has 2 atom stereocenters. The lowest BCUT2D eigenvalue weighted by Crippen LogP contribution is -2.48. The molecule has 1 N–H and O–H groups in total. The molecule has 0 saturated carbocycles. The summed E-state index contributed by atoms with van der Waals surface area (Å²) < 4.78 is 0. The van der Waals surface area contributed by atoms with Gasteiger partial charge < -0.3 is 10.2 Å². The monoisotopic (exact) mass is 498 g/mol. The number of rotatable bonds is 5. The van der Waals surface area contributed by atoms with Gasteiger partial charge in [0.15, 0.2) is 5.96 Å². The second-order valence-electron chi connectivity index (χ2n) is 7.84. The van der Waals surface area contributed by atoms with Crippen LogP contribution in [0.25, 0.3) is 0 Å². The highest BCUT2D eigenvalue weighted by molar-refractivity contribution is 14.0. The average molecular weight is 498 g/mol. The van der Waals surface area contributed by atoms with Gasteiger partial charge >= 0.3 is 0 Å². The molecule has 2 amide bonds. The second-order valence-corrected chi connectivity index (χ2v) is 7.84. The fourth-order valence-electron chi connectivity index (χ4n) is 4.21. The highest BCUT2D eigenvalue weighted by Crippen LogP contribution is 2.23. The zero-order valence-corrected chi connectivity index (χ0v) is 19.3. The number of imide groups is 1. The van der Waals surface area contributed by atoms with Crippen molar-refractivity contribution in [1.82, 2.24) is 15.1 Å². The molecule has 154 valence electrons. The molecule has 1 aromatic carbocycles. The number of unbranched alkanes of at least 4 members (excludes halogenated alkanes) is 1. The third-order valence-corrected chi connectivity index (χ3v) is 5.35. The van der Waals surface area contributed by atoms with E-state index in [-0.39, 0.29) is 35.8 Å². The van der Waals surface area contributed by atoms with Gasteiger partial charge in [-0.25, -0.2) is 0 Å². The number of carbonyl (C=O) groups is 2. The number of likely N-dealkylation sites (tertiary alicyclic amines) is 1. The summed E-state index contributed by atoms with van der Waals surface area (Å²) in [6, 6.07) is 7.04. The summed E-state index contributed by atoms with van der Waals surface area (Å²) >= 11 is 0. The summed E-state index contributed by atoms with van der Waals surface area (Å²) in [6.45, 7) is 7.91. The first-order valence-electron chi connectivity index (χ1n) is 9.92. The van der Waals surface area contributed by atoms with Crippen LogP contribution in [0.15, 0.2) is 29.3 Å². The van der Waals surface area contributed by atoms with Gasteiger partial charge in [0.25, 0.3) is 11.8 Å². The molecule has 1 fully saturated rings. The Morgan fingerprint density at radius 1 is 1.07 bits per heavy atom. The van der Waals surface area contributed by atoms with E-state index in [1.807, 2.05) is 7.05 Å². The van der Waals surface area contributed by atoms with E-state index in [1.54, 1.807) is 24.3 Å². The van der Waals surface area contributed by atoms with Crippen LogP contribution in [0.3, 0.4) is 0 Å². The Morgan fingerprint density at radius 3 is 2.18 bits per heavy atom. The molecule has 1 aromatic rings. The highest BCUT2D eigenvalue weighted by atomic mass is 127. The Bertz CT molecular complexity index is 692. The zero-order valence-electron chi connectivity index (χ0n) is 17.0.